The fourth-order valence-electron chi connectivity index (χ4n) is 0.890. The Bertz CT molecular complexity index is 248. The van der Waals surface area contributed by atoms with Crippen molar-refractivity contribution in [3.05, 3.63) is 22.8 Å². The van der Waals surface area contributed by atoms with Crippen LogP contribution in [-0.4, -0.2) is 22.7 Å². The Morgan fingerprint density at radius 2 is 2.38 bits per heavy atom. The van der Waals surface area contributed by atoms with Gasteiger partial charge in [0.05, 0.1) is 6.10 Å². The van der Waals surface area contributed by atoms with E-state index in [4.69, 9.17) is 5.11 Å². The van der Waals surface area contributed by atoms with Gasteiger partial charge in [-0.2, -0.15) is 0 Å². The third kappa shape index (κ3) is 4.24. The number of rotatable bonds is 4. The van der Waals surface area contributed by atoms with Gasteiger partial charge in [-0.3, -0.25) is 0 Å². The largest absolute Gasteiger partial charge is 0.393 e. The van der Waals surface area contributed by atoms with E-state index in [1.54, 1.807) is 13.1 Å². The van der Waals surface area contributed by atoms with E-state index < -0.39 is 0 Å². The first-order valence-corrected chi connectivity index (χ1v) is 5.01. The topological polar surface area (TPSA) is 45.1 Å². The molecular formula is C9H13BrN2O. The van der Waals surface area contributed by atoms with E-state index in [-0.39, 0.29) is 6.10 Å². The number of halogens is 1. The van der Waals surface area contributed by atoms with Gasteiger partial charge in [0.1, 0.15) is 5.82 Å². The molecular weight excluding hydrogens is 232 g/mol. The van der Waals surface area contributed by atoms with Gasteiger partial charge in [-0.1, -0.05) is 0 Å². The molecule has 0 aromatic carbocycles. The summed E-state index contributed by atoms with van der Waals surface area (Å²) in [5.41, 5.74) is 0. The minimum absolute atomic E-state index is 0.261. The summed E-state index contributed by atoms with van der Waals surface area (Å²) in [6.45, 7) is 2.52. The molecule has 1 heterocycles. The lowest BCUT2D eigenvalue weighted by Gasteiger charge is -2.06. The van der Waals surface area contributed by atoms with E-state index in [2.05, 4.69) is 26.2 Å². The van der Waals surface area contributed by atoms with Crippen LogP contribution in [0.15, 0.2) is 22.8 Å². The molecule has 1 rings (SSSR count). The molecule has 4 heteroatoms. The highest BCUT2D eigenvalue weighted by molar-refractivity contribution is 9.10. The molecule has 1 aromatic rings. The van der Waals surface area contributed by atoms with Crippen molar-refractivity contribution >= 4 is 21.7 Å². The molecule has 0 amide bonds. The fraction of sp³-hybridized carbons (Fsp3) is 0.444. The zero-order chi connectivity index (χ0) is 9.68. The SMILES string of the molecule is C[C@H](O)CCNc1ccc(Br)cn1. The first-order chi connectivity index (χ1) is 6.18. The Morgan fingerprint density at radius 3 is 2.92 bits per heavy atom. The van der Waals surface area contributed by atoms with Crippen LogP contribution in [0.5, 0.6) is 0 Å². The maximum Gasteiger partial charge on any atom is 0.125 e. The van der Waals surface area contributed by atoms with Gasteiger partial charge >= 0.3 is 0 Å². The van der Waals surface area contributed by atoms with Crippen LogP contribution in [0.25, 0.3) is 0 Å². The molecule has 0 radical (unpaired) electrons. The Labute approximate surface area is 86.3 Å². The number of hydrogen-bond acceptors (Lipinski definition) is 3. The molecule has 0 aliphatic rings. The fourth-order valence-corrected chi connectivity index (χ4v) is 1.12. The number of aliphatic hydroxyl groups excluding tert-OH is 1. The molecule has 0 spiro atoms. The standard InChI is InChI=1S/C9H13BrN2O/c1-7(13)4-5-11-9-3-2-8(10)6-12-9/h2-3,6-7,13H,4-5H2,1H3,(H,11,12)/t7-/m0/s1. The van der Waals surface area contributed by atoms with Gasteiger partial charge < -0.3 is 10.4 Å². The number of anilines is 1. The van der Waals surface area contributed by atoms with Crippen LogP contribution in [0, 0.1) is 0 Å². The van der Waals surface area contributed by atoms with Crippen molar-refractivity contribution < 1.29 is 5.11 Å². The number of pyridine rings is 1. The lowest BCUT2D eigenvalue weighted by molar-refractivity contribution is 0.188. The van der Waals surface area contributed by atoms with E-state index in [9.17, 15) is 0 Å². The van der Waals surface area contributed by atoms with Gasteiger partial charge in [0, 0.05) is 17.2 Å². The first-order valence-electron chi connectivity index (χ1n) is 4.22. The summed E-state index contributed by atoms with van der Waals surface area (Å²) < 4.78 is 0.966. The van der Waals surface area contributed by atoms with Crippen molar-refractivity contribution in [2.45, 2.75) is 19.4 Å². The summed E-state index contributed by atoms with van der Waals surface area (Å²) in [5, 5.41) is 12.1. The van der Waals surface area contributed by atoms with E-state index >= 15 is 0 Å². The van der Waals surface area contributed by atoms with Crippen LogP contribution in [0.4, 0.5) is 5.82 Å². The van der Waals surface area contributed by atoms with Gasteiger partial charge in [0.2, 0.25) is 0 Å². The Hall–Kier alpha value is -0.610. The predicted octanol–water partition coefficient (Wildman–Crippen LogP) is 2.03. The highest BCUT2D eigenvalue weighted by Crippen LogP contribution is 2.10. The average Bonchev–Trinajstić information content (AvgIpc) is 2.08. The molecule has 0 bridgehead atoms. The zero-order valence-corrected chi connectivity index (χ0v) is 9.08. The third-order valence-corrected chi connectivity index (χ3v) is 2.06. The van der Waals surface area contributed by atoms with E-state index in [1.807, 2.05) is 12.1 Å². The number of nitrogens with one attached hydrogen (secondary N) is 1. The smallest absolute Gasteiger partial charge is 0.125 e. The maximum absolute atomic E-state index is 9.01. The molecule has 0 aliphatic carbocycles. The van der Waals surface area contributed by atoms with Crippen molar-refractivity contribution in [1.29, 1.82) is 0 Å². The molecule has 72 valence electrons. The molecule has 13 heavy (non-hydrogen) atoms. The van der Waals surface area contributed by atoms with Crippen LogP contribution in [0.2, 0.25) is 0 Å². The second-order valence-electron chi connectivity index (χ2n) is 2.93. The summed E-state index contributed by atoms with van der Waals surface area (Å²) in [4.78, 5) is 4.14. The molecule has 0 fully saturated rings. The number of nitrogens with zero attached hydrogens (tertiary/aromatic N) is 1. The molecule has 3 nitrogen and oxygen atoms in total. The number of aromatic nitrogens is 1. The predicted molar refractivity (Wildman–Crippen MR) is 56.7 cm³/mol. The highest BCUT2D eigenvalue weighted by Gasteiger charge is 1.96. The lowest BCUT2D eigenvalue weighted by atomic mass is 10.3. The molecule has 0 saturated carbocycles. The summed E-state index contributed by atoms with van der Waals surface area (Å²) >= 11 is 3.31. The second kappa shape index (κ2) is 5.19. The van der Waals surface area contributed by atoms with Crippen LogP contribution >= 0.6 is 15.9 Å². The van der Waals surface area contributed by atoms with Gasteiger partial charge in [0.15, 0.2) is 0 Å². The Morgan fingerprint density at radius 1 is 1.62 bits per heavy atom. The van der Waals surface area contributed by atoms with Gasteiger partial charge in [0.25, 0.3) is 0 Å². The van der Waals surface area contributed by atoms with Crippen molar-refractivity contribution in [2.75, 3.05) is 11.9 Å². The van der Waals surface area contributed by atoms with Gasteiger partial charge in [-0.05, 0) is 41.4 Å². The van der Waals surface area contributed by atoms with Gasteiger partial charge in [-0.15, -0.1) is 0 Å². The van der Waals surface area contributed by atoms with Crippen molar-refractivity contribution in [1.82, 2.24) is 4.98 Å². The molecule has 1 aromatic heterocycles. The van der Waals surface area contributed by atoms with Crippen LogP contribution in [0.3, 0.4) is 0 Å². The molecule has 0 saturated heterocycles. The summed E-state index contributed by atoms with van der Waals surface area (Å²) in [6.07, 6.45) is 2.21. The van der Waals surface area contributed by atoms with E-state index in [0.717, 1.165) is 23.3 Å². The molecule has 2 N–H and O–H groups in total. The second-order valence-corrected chi connectivity index (χ2v) is 3.84. The van der Waals surface area contributed by atoms with Crippen molar-refractivity contribution in [3.8, 4) is 0 Å². The Kier molecular flexibility index (Phi) is 4.18. The molecule has 0 unspecified atom stereocenters. The summed E-state index contributed by atoms with van der Waals surface area (Å²) in [7, 11) is 0. The van der Waals surface area contributed by atoms with E-state index in [0.29, 0.717) is 0 Å². The maximum atomic E-state index is 9.01. The van der Waals surface area contributed by atoms with E-state index in [1.165, 1.54) is 0 Å². The van der Waals surface area contributed by atoms with Crippen molar-refractivity contribution in [2.24, 2.45) is 0 Å². The van der Waals surface area contributed by atoms with Crippen LogP contribution < -0.4 is 5.32 Å². The Balaban J connectivity index is 2.33. The monoisotopic (exact) mass is 244 g/mol. The average molecular weight is 245 g/mol. The molecule has 0 aliphatic heterocycles. The zero-order valence-electron chi connectivity index (χ0n) is 7.50. The number of hydrogen-bond donors (Lipinski definition) is 2. The lowest BCUT2D eigenvalue weighted by Crippen LogP contribution is -2.10. The summed E-state index contributed by atoms with van der Waals surface area (Å²) in [6, 6.07) is 3.82. The molecule has 1 atom stereocenters. The number of aliphatic hydroxyl groups is 1. The minimum Gasteiger partial charge on any atom is -0.393 e. The van der Waals surface area contributed by atoms with Crippen molar-refractivity contribution in [3.63, 3.8) is 0 Å². The quantitative estimate of drug-likeness (QED) is 0.853. The normalized spacial score (nSPS) is 12.5. The highest BCUT2D eigenvalue weighted by atomic mass is 79.9. The third-order valence-electron chi connectivity index (χ3n) is 1.60. The minimum atomic E-state index is -0.261. The summed E-state index contributed by atoms with van der Waals surface area (Å²) in [5.74, 6) is 0.837. The van der Waals surface area contributed by atoms with Crippen LogP contribution in [0.1, 0.15) is 13.3 Å². The van der Waals surface area contributed by atoms with Gasteiger partial charge in [-0.25, -0.2) is 4.98 Å². The first kappa shape index (κ1) is 10.5. The van der Waals surface area contributed by atoms with Crippen LogP contribution in [-0.2, 0) is 0 Å².